The summed E-state index contributed by atoms with van der Waals surface area (Å²) in [5.41, 5.74) is 1.03. The standard InChI is InChI=1S/C15H25N3O3/c1-12(2)18(9-13-7-16-17(3)8-13)15(19)11-20-10-14-5-4-6-21-14/h7-8,12,14H,4-6,9-11H2,1-3H3/t14-/m0/s1. The number of rotatable bonds is 7. The summed E-state index contributed by atoms with van der Waals surface area (Å²) in [5.74, 6) is 0.00634. The van der Waals surface area contributed by atoms with Gasteiger partial charge in [0.15, 0.2) is 0 Å². The van der Waals surface area contributed by atoms with E-state index in [4.69, 9.17) is 9.47 Å². The average Bonchev–Trinajstić information content (AvgIpc) is 3.07. The Morgan fingerprint density at radius 1 is 1.62 bits per heavy atom. The van der Waals surface area contributed by atoms with E-state index in [1.807, 2.05) is 32.0 Å². The predicted molar refractivity (Wildman–Crippen MR) is 78.7 cm³/mol. The van der Waals surface area contributed by atoms with Gasteiger partial charge in [-0.15, -0.1) is 0 Å². The monoisotopic (exact) mass is 295 g/mol. The summed E-state index contributed by atoms with van der Waals surface area (Å²) in [6.07, 6.45) is 5.98. The predicted octanol–water partition coefficient (Wildman–Crippen LogP) is 1.35. The molecule has 1 aromatic rings. The highest BCUT2D eigenvalue weighted by atomic mass is 16.5. The molecule has 6 nitrogen and oxygen atoms in total. The maximum atomic E-state index is 12.3. The van der Waals surface area contributed by atoms with E-state index in [-0.39, 0.29) is 24.7 Å². The number of aryl methyl sites for hydroxylation is 1. The molecule has 1 aliphatic heterocycles. The molecule has 2 heterocycles. The highest BCUT2D eigenvalue weighted by molar-refractivity contribution is 5.77. The number of carbonyl (C=O) groups is 1. The van der Waals surface area contributed by atoms with E-state index in [1.54, 1.807) is 10.9 Å². The SMILES string of the molecule is CC(C)N(Cc1cnn(C)c1)C(=O)COC[C@@H]1CCCO1. The molecule has 118 valence electrons. The fourth-order valence-corrected chi connectivity index (χ4v) is 2.45. The topological polar surface area (TPSA) is 56.6 Å². The molecule has 0 saturated carbocycles. The minimum absolute atomic E-state index is 0.00634. The van der Waals surface area contributed by atoms with E-state index in [9.17, 15) is 4.79 Å². The Kier molecular flexibility index (Phi) is 5.76. The lowest BCUT2D eigenvalue weighted by atomic mass is 10.2. The summed E-state index contributed by atoms with van der Waals surface area (Å²) in [4.78, 5) is 14.1. The molecule has 0 bridgehead atoms. The lowest BCUT2D eigenvalue weighted by Gasteiger charge is -2.26. The molecule has 0 N–H and O–H groups in total. The summed E-state index contributed by atoms with van der Waals surface area (Å²) in [6, 6.07) is 0.129. The van der Waals surface area contributed by atoms with E-state index in [1.165, 1.54) is 0 Å². The Bertz CT molecular complexity index is 453. The molecule has 2 rings (SSSR count). The molecule has 0 unspecified atom stereocenters. The molecule has 0 radical (unpaired) electrons. The van der Waals surface area contributed by atoms with Crippen molar-refractivity contribution in [3.63, 3.8) is 0 Å². The third kappa shape index (κ3) is 4.82. The van der Waals surface area contributed by atoms with Gasteiger partial charge in [-0.1, -0.05) is 0 Å². The Labute approximate surface area is 126 Å². The molecule has 0 aromatic carbocycles. The number of aromatic nitrogens is 2. The van der Waals surface area contributed by atoms with Crippen molar-refractivity contribution >= 4 is 5.91 Å². The molecule has 1 atom stereocenters. The second kappa shape index (κ2) is 7.56. The number of nitrogens with zero attached hydrogens (tertiary/aromatic N) is 3. The molecular weight excluding hydrogens is 270 g/mol. The largest absolute Gasteiger partial charge is 0.376 e. The zero-order chi connectivity index (χ0) is 15.2. The summed E-state index contributed by atoms with van der Waals surface area (Å²) in [7, 11) is 1.87. The molecule has 0 aliphatic carbocycles. The van der Waals surface area contributed by atoms with Crippen molar-refractivity contribution in [1.82, 2.24) is 14.7 Å². The maximum Gasteiger partial charge on any atom is 0.249 e. The summed E-state index contributed by atoms with van der Waals surface area (Å²) < 4.78 is 12.7. The van der Waals surface area contributed by atoms with Gasteiger partial charge in [-0.05, 0) is 26.7 Å². The van der Waals surface area contributed by atoms with Crippen LogP contribution in [0.3, 0.4) is 0 Å². The van der Waals surface area contributed by atoms with Gasteiger partial charge >= 0.3 is 0 Å². The van der Waals surface area contributed by atoms with E-state index < -0.39 is 0 Å². The van der Waals surface area contributed by atoms with Crippen LogP contribution in [0.5, 0.6) is 0 Å². The first-order valence-corrected chi connectivity index (χ1v) is 7.52. The van der Waals surface area contributed by atoms with Crippen LogP contribution < -0.4 is 0 Å². The molecule has 1 amide bonds. The van der Waals surface area contributed by atoms with Gasteiger partial charge in [-0.3, -0.25) is 9.48 Å². The van der Waals surface area contributed by atoms with Crippen LogP contribution in [-0.4, -0.2) is 52.6 Å². The molecule has 1 aromatic heterocycles. The molecule has 0 spiro atoms. The minimum atomic E-state index is 0.00634. The van der Waals surface area contributed by atoms with Crippen molar-refractivity contribution in [2.75, 3.05) is 19.8 Å². The van der Waals surface area contributed by atoms with Crippen LogP contribution in [0, 0.1) is 0 Å². The second-order valence-electron chi connectivity index (χ2n) is 5.79. The number of carbonyl (C=O) groups excluding carboxylic acids is 1. The normalized spacial score (nSPS) is 18.4. The molecular formula is C15H25N3O3. The molecule has 1 saturated heterocycles. The minimum Gasteiger partial charge on any atom is -0.376 e. The molecule has 1 fully saturated rings. The number of hydrogen-bond donors (Lipinski definition) is 0. The van der Waals surface area contributed by atoms with Gasteiger partial charge in [0, 0.05) is 38.0 Å². The van der Waals surface area contributed by atoms with E-state index in [0.29, 0.717) is 13.2 Å². The lowest BCUT2D eigenvalue weighted by molar-refractivity contribution is -0.139. The second-order valence-corrected chi connectivity index (χ2v) is 5.79. The van der Waals surface area contributed by atoms with E-state index >= 15 is 0 Å². The highest BCUT2D eigenvalue weighted by Crippen LogP contribution is 2.12. The van der Waals surface area contributed by atoms with Crippen LogP contribution in [-0.2, 0) is 27.9 Å². The smallest absolute Gasteiger partial charge is 0.249 e. The maximum absolute atomic E-state index is 12.3. The van der Waals surface area contributed by atoms with Gasteiger partial charge in [0.1, 0.15) is 6.61 Å². The van der Waals surface area contributed by atoms with Crippen LogP contribution in [0.1, 0.15) is 32.3 Å². The number of amides is 1. The Hall–Kier alpha value is -1.40. The Balaban J connectivity index is 1.80. The highest BCUT2D eigenvalue weighted by Gasteiger charge is 2.20. The van der Waals surface area contributed by atoms with Crippen LogP contribution in [0.15, 0.2) is 12.4 Å². The van der Waals surface area contributed by atoms with Crippen molar-refractivity contribution < 1.29 is 14.3 Å². The average molecular weight is 295 g/mol. The van der Waals surface area contributed by atoms with Crippen LogP contribution in [0.4, 0.5) is 0 Å². The quantitative estimate of drug-likeness (QED) is 0.762. The van der Waals surface area contributed by atoms with Crippen LogP contribution in [0.25, 0.3) is 0 Å². The van der Waals surface area contributed by atoms with Gasteiger partial charge in [-0.25, -0.2) is 0 Å². The molecule has 1 aliphatic rings. The summed E-state index contributed by atoms with van der Waals surface area (Å²) in [5, 5.41) is 4.13. The van der Waals surface area contributed by atoms with Crippen molar-refractivity contribution in [2.24, 2.45) is 7.05 Å². The van der Waals surface area contributed by atoms with Crippen molar-refractivity contribution in [3.05, 3.63) is 18.0 Å². The van der Waals surface area contributed by atoms with E-state index in [0.717, 1.165) is 25.0 Å². The van der Waals surface area contributed by atoms with Gasteiger partial charge in [0.05, 0.1) is 18.9 Å². The lowest BCUT2D eigenvalue weighted by Crippen LogP contribution is -2.39. The van der Waals surface area contributed by atoms with Crippen molar-refractivity contribution in [2.45, 2.75) is 45.4 Å². The fourth-order valence-electron chi connectivity index (χ4n) is 2.45. The Morgan fingerprint density at radius 2 is 2.43 bits per heavy atom. The van der Waals surface area contributed by atoms with E-state index in [2.05, 4.69) is 5.10 Å². The van der Waals surface area contributed by atoms with Gasteiger partial charge < -0.3 is 14.4 Å². The first kappa shape index (κ1) is 16.0. The first-order valence-electron chi connectivity index (χ1n) is 7.52. The van der Waals surface area contributed by atoms with Gasteiger partial charge in [0.25, 0.3) is 0 Å². The van der Waals surface area contributed by atoms with Crippen molar-refractivity contribution in [3.8, 4) is 0 Å². The third-order valence-electron chi connectivity index (χ3n) is 3.61. The van der Waals surface area contributed by atoms with Gasteiger partial charge in [-0.2, -0.15) is 5.10 Å². The summed E-state index contributed by atoms with van der Waals surface area (Å²) in [6.45, 7) is 6.00. The zero-order valence-electron chi connectivity index (χ0n) is 13.1. The first-order chi connectivity index (χ1) is 10.1. The zero-order valence-corrected chi connectivity index (χ0v) is 13.1. The number of hydrogen-bond acceptors (Lipinski definition) is 4. The van der Waals surface area contributed by atoms with Crippen LogP contribution in [0.2, 0.25) is 0 Å². The molecule has 21 heavy (non-hydrogen) atoms. The van der Waals surface area contributed by atoms with Crippen molar-refractivity contribution in [1.29, 1.82) is 0 Å². The Morgan fingerprint density at radius 3 is 3.00 bits per heavy atom. The third-order valence-corrected chi connectivity index (χ3v) is 3.61. The van der Waals surface area contributed by atoms with Crippen LogP contribution >= 0.6 is 0 Å². The fraction of sp³-hybridized carbons (Fsp3) is 0.733. The summed E-state index contributed by atoms with van der Waals surface area (Å²) >= 11 is 0. The molecule has 6 heteroatoms. The van der Waals surface area contributed by atoms with Gasteiger partial charge in [0.2, 0.25) is 5.91 Å². The number of ether oxygens (including phenoxy) is 2.